The summed E-state index contributed by atoms with van der Waals surface area (Å²) in [4.78, 5) is 151. The number of hydrogen-bond acceptors (Lipinski definition) is 23. The maximum Gasteiger partial charge on any atom is 0.414 e. The molecule has 0 aromatic carbocycles. The van der Waals surface area contributed by atoms with Crippen LogP contribution in [0.5, 0.6) is 0 Å². The normalized spacial score (nSPS) is 18.8. The number of ketones is 4. The van der Waals surface area contributed by atoms with Gasteiger partial charge in [0.25, 0.3) is 0 Å². The molecule has 9 aliphatic rings. The Balaban J connectivity index is 0.000000130. The number of Topliss-reactive ketones (excluding diaryl/α,β-unsaturated/α-hetero) is 4. The largest absolute Gasteiger partial charge is 0.414 e. The van der Waals surface area contributed by atoms with Crippen molar-refractivity contribution in [2.75, 3.05) is 126 Å². The smallest absolute Gasteiger partial charge is 0.396 e. The second kappa shape index (κ2) is 36.0. The third-order valence-corrected chi connectivity index (χ3v) is 22.2. The van der Waals surface area contributed by atoms with Gasteiger partial charge in [0.05, 0.1) is 57.9 Å². The maximum absolute atomic E-state index is 13.1. The van der Waals surface area contributed by atoms with Crippen molar-refractivity contribution in [2.24, 2.45) is 23.5 Å². The van der Waals surface area contributed by atoms with E-state index < -0.39 is 73.8 Å². The highest BCUT2D eigenvalue weighted by molar-refractivity contribution is 6.30. The highest BCUT2D eigenvalue weighted by Gasteiger charge is 2.47. The van der Waals surface area contributed by atoms with Crippen molar-refractivity contribution >= 4 is 128 Å². The van der Waals surface area contributed by atoms with Gasteiger partial charge in [0.2, 0.25) is 0 Å². The van der Waals surface area contributed by atoms with Gasteiger partial charge in [0, 0.05) is 116 Å². The van der Waals surface area contributed by atoms with Gasteiger partial charge >= 0.3 is 36.5 Å². The first kappa shape index (κ1) is 83.4. The van der Waals surface area contributed by atoms with Gasteiger partial charge in [-0.15, -0.1) is 0 Å². The summed E-state index contributed by atoms with van der Waals surface area (Å²) in [5.74, 6) is 0.355. The summed E-state index contributed by atoms with van der Waals surface area (Å²) >= 11 is 5.88. The summed E-state index contributed by atoms with van der Waals surface area (Å²) in [6.45, 7) is 6.98. The van der Waals surface area contributed by atoms with Crippen LogP contribution in [-0.4, -0.2) is 205 Å². The van der Waals surface area contributed by atoms with Gasteiger partial charge in [0.15, 0.2) is 46.4 Å². The molecule has 31 nitrogen and oxygen atoms in total. The quantitative estimate of drug-likeness (QED) is 0.0275. The van der Waals surface area contributed by atoms with E-state index in [0.29, 0.717) is 108 Å². The number of halogens is 7. The molecule has 16 heterocycles. The first-order valence-electron chi connectivity index (χ1n) is 39.2. The predicted octanol–water partition coefficient (Wildman–Crippen LogP) is 12.3. The van der Waals surface area contributed by atoms with Crippen LogP contribution in [0.15, 0.2) is 140 Å². The number of amides is 8. The van der Waals surface area contributed by atoms with E-state index in [2.05, 4.69) is 75.8 Å². The number of fused-ring (bicyclic) bond motifs is 16. The Labute approximate surface area is 683 Å². The van der Waals surface area contributed by atoms with Gasteiger partial charge in [-0.05, 0) is 147 Å². The van der Waals surface area contributed by atoms with E-state index in [-0.39, 0.29) is 89.8 Å². The van der Waals surface area contributed by atoms with Gasteiger partial charge in [-0.3, -0.25) is 60.0 Å². The zero-order valence-corrected chi connectivity index (χ0v) is 65.2. The summed E-state index contributed by atoms with van der Waals surface area (Å²) in [5, 5.41) is 29.9. The summed E-state index contributed by atoms with van der Waals surface area (Å²) in [6.07, 6.45) is -0.527. The molecule has 0 spiro atoms. The Morgan fingerprint density at radius 1 is 0.462 bits per heavy atom. The number of carbonyl (C=O) groups is 8. The molecule has 119 heavy (non-hydrogen) atoms. The van der Waals surface area contributed by atoms with Crippen LogP contribution in [0.1, 0.15) is 126 Å². The molecule has 4 saturated heterocycles. The van der Waals surface area contributed by atoms with Crippen LogP contribution in [0.25, 0.3) is 0 Å². The van der Waals surface area contributed by atoms with Crippen LogP contribution in [0.4, 0.5) is 115 Å². The lowest BCUT2D eigenvalue weighted by molar-refractivity contribution is -0.205. The molecule has 8 aromatic heterocycles. The lowest BCUT2D eigenvalue weighted by Gasteiger charge is -2.35. The van der Waals surface area contributed by atoms with E-state index in [1.165, 1.54) is 41.0 Å². The molecule has 8 amide bonds. The molecule has 8 aromatic rings. The molecule has 8 bridgehead atoms. The molecule has 17 rings (SSSR count). The van der Waals surface area contributed by atoms with Crippen molar-refractivity contribution in [3.63, 3.8) is 0 Å². The summed E-state index contributed by atoms with van der Waals surface area (Å²) in [7, 11) is 0. The molecule has 8 N–H and O–H groups in total. The number of urea groups is 4. The number of nitrogens with one attached hydrogen (secondary N) is 4. The third kappa shape index (κ3) is 19.4. The number of alkyl halides is 6. The SMILES string of the molecule is C[C@@H](CO)CC(=O)c1ccc2c(n1)N(C(=O)Nc1ccccn1)[C@H]1CCN2C1.NC[C@H](CC(=O)c1ccc2c(n1)N(C(=O)Nc1ccccn1)[C@H]1CCN2C1)C(F)(F)F.O=C(CCC1CC1)c1ccc2c(n1)N(C(=O)Nc1ccc(Cl)cn1)[C@H]1CCN2C1.O=C(CC[C@H](O)C(F)(F)F)c1ccc2c(n1)N(C(=O)Nc1ccccn1)[C@H]1CCN2C1. The first-order valence-corrected chi connectivity index (χ1v) is 39.6. The van der Waals surface area contributed by atoms with Crippen molar-refractivity contribution in [1.29, 1.82) is 0 Å². The molecule has 5 fully saturated rings. The van der Waals surface area contributed by atoms with Gasteiger partial charge in [0.1, 0.15) is 52.2 Å². The number of rotatable bonds is 20. The maximum atomic E-state index is 13.1. The van der Waals surface area contributed by atoms with Crippen molar-refractivity contribution in [3.8, 4) is 0 Å². The molecule has 38 heteroatoms. The number of nitrogens with two attached hydrogens (primary N) is 1. The Morgan fingerprint density at radius 3 is 1.13 bits per heavy atom. The Hall–Kier alpha value is -12.1. The number of aliphatic hydroxyl groups excluding tert-OH is 2. The summed E-state index contributed by atoms with van der Waals surface area (Å²) < 4.78 is 76.6. The summed E-state index contributed by atoms with van der Waals surface area (Å²) in [6, 6.07) is 30.5. The van der Waals surface area contributed by atoms with E-state index in [1.807, 2.05) is 24.0 Å². The number of hydrogen-bond donors (Lipinski definition) is 7. The van der Waals surface area contributed by atoms with Crippen LogP contribution in [0, 0.1) is 17.8 Å². The average Bonchev–Trinajstić information content (AvgIpc) is 1.67. The summed E-state index contributed by atoms with van der Waals surface area (Å²) in [5.41, 5.74) is 8.89. The fourth-order valence-electron chi connectivity index (χ4n) is 15.5. The molecule has 0 radical (unpaired) electrons. The average molecular weight is 1660 g/mol. The number of nitrogens with zero attached hydrogens (tertiary/aromatic N) is 16. The number of carbonyl (C=O) groups excluding carboxylic acids is 8. The molecular weight excluding hydrogens is 1580 g/mol. The lowest BCUT2D eigenvalue weighted by atomic mass is 10.00. The van der Waals surface area contributed by atoms with Crippen LogP contribution in [0.3, 0.4) is 0 Å². The molecule has 7 atom stereocenters. The Bertz CT molecular complexity index is 5070. The second-order valence-corrected chi connectivity index (χ2v) is 30.8. The van der Waals surface area contributed by atoms with Crippen LogP contribution in [-0.2, 0) is 0 Å². The minimum absolute atomic E-state index is 0.00503. The number of anilines is 12. The van der Waals surface area contributed by atoms with E-state index in [0.717, 1.165) is 63.4 Å². The van der Waals surface area contributed by atoms with E-state index in [1.54, 1.807) is 119 Å². The highest BCUT2D eigenvalue weighted by Crippen LogP contribution is 2.45. The number of aliphatic hydroxyl groups is 2. The molecule has 1 aliphatic carbocycles. The Morgan fingerprint density at radius 2 is 0.815 bits per heavy atom. The van der Waals surface area contributed by atoms with Crippen molar-refractivity contribution in [3.05, 3.63) is 168 Å². The van der Waals surface area contributed by atoms with Crippen molar-refractivity contribution in [2.45, 2.75) is 127 Å². The van der Waals surface area contributed by atoms with Crippen molar-refractivity contribution < 1.29 is 74.9 Å². The van der Waals surface area contributed by atoms with Gasteiger partial charge in [-0.2, -0.15) is 26.3 Å². The number of pyridine rings is 8. The standard InChI is InChI=1S/C21H22ClN5O2.C20H21F3N6O2.C20H20F3N5O3.C20H23N5O3/c22-14-4-8-19(23-11-14)25-21(29)27-15-9-10-26(12-15)17-6-5-16(24-20(17)27)18(28)7-3-13-1-2-13;21-20(22,23)12(10-24)9-16(30)14-4-5-15-18(26-14)29(13-6-8-28(15)11-13)19(31)27-17-3-1-2-7-25-17;21-20(22,23)16(30)7-6-15(29)13-4-5-14-18(25-13)28(12-8-10-27(14)11-12)19(31)26-17-3-1-2-9-24-17;1-13(12-26)10-17(27)15-5-6-16-19(22-15)25(14-7-9-24(16)11-14)20(28)23-18-4-2-3-8-21-18/h4-6,8,11,13,15H,1-3,7,9-10,12H2,(H,23,25,29);1-5,7,12-13H,6,8-11,24H2,(H,25,27,31);1-5,9,12,16,30H,6-8,10-11H2,(H,24,26,31);2-6,8,13-14,26H,7,9-12H2,1H3,(H,21,23,28)/t15-;12-,13-;12-,16-;13-,14+/m0001/s1. The van der Waals surface area contributed by atoms with Crippen molar-refractivity contribution in [1.82, 2.24) is 39.9 Å². The van der Waals surface area contributed by atoms with E-state index in [9.17, 15) is 69.8 Å². The fourth-order valence-corrected chi connectivity index (χ4v) is 15.6. The second-order valence-electron chi connectivity index (χ2n) is 30.4. The van der Waals surface area contributed by atoms with Crippen LogP contribution >= 0.6 is 11.6 Å². The van der Waals surface area contributed by atoms with Crippen LogP contribution in [0.2, 0.25) is 5.02 Å². The van der Waals surface area contributed by atoms with Crippen LogP contribution < -0.4 is 66.2 Å². The van der Waals surface area contributed by atoms with E-state index in [4.69, 9.17) is 22.4 Å². The first-order chi connectivity index (χ1) is 57.2. The minimum Gasteiger partial charge on any atom is -0.396 e. The molecule has 624 valence electrons. The minimum atomic E-state index is -4.78. The monoisotopic (exact) mass is 1660 g/mol. The topological polar surface area (TPSA) is 380 Å². The zero-order chi connectivity index (χ0) is 84.0. The van der Waals surface area contributed by atoms with Gasteiger partial charge < -0.3 is 35.5 Å². The third-order valence-electron chi connectivity index (χ3n) is 22.0. The molecule has 0 unspecified atom stereocenters. The fraction of sp³-hybridized carbons (Fsp3) is 0.407. The highest BCUT2D eigenvalue weighted by atomic mass is 35.5. The van der Waals surface area contributed by atoms with Gasteiger partial charge in [-0.25, -0.2) is 59.0 Å². The Kier molecular flexibility index (Phi) is 25.2. The predicted molar refractivity (Wildman–Crippen MR) is 432 cm³/mol. The molecular formula is C81H86ClF6N21O10. The lowest BCUT2D eigenvalue weighted by Crippen LogP contribution is -2.48. The zero-order valence-electron chi connectivity index (χ0n) is 64.5. The molecule has 1 saturated carbocycles. The number of aromatic nitrogens is 8. The molecule has 8 aliphatic heterocycles. The van der Waals surface area contributed by atoms with E-state index >= 15 is 0 Å². The van der Waals surface area contributed by atoms with Gasteiger partial charge in [-0.1, -0.05) is 49.6 Å².